The smallest absolute Gasteiger partial charge is 0.255 e. The Hall–Kier alpha value is -3.29. The molecule has 1 fully saturated rings. The van der Waals surface area contributed by atoms with Crippen LogP contribution in [0.3, 0.4) is 0 Å². The SMILES string of the molecule is COc1cc(C(=O)Nc2ccc3nn(C4CCCCC4)nc3c2)cc(OC)c1OC. The Bertz CT molecular complexity index is 1030. The molecule has 4 rings (SSSR count). The number of fused-ring (bicyclic) bond motifs is 1. The number of carbonyl (C=O) groups is 1. The summed E-state index contributed by atoms with van der Waals surface area (Å²) in [6, 6.07) is 9.16. The van der Waals surface area contributed by atoms with Gasteiger partial charge in [0.25, 0.3) is 5.91 Å². The van der Waals surface area contributed by atoms with Crippen LogP contribution in [-0.4, -0.2) is 42.2 Å². The van der Waals surface area contributed by atoms with E-state index in [1.807, 2.05) is 23.0 Å². The van der Waals surface area contributed by atoms with Crippen molar-refractivity contribution in [1.82, 2.24) is 15.0 Å². The zero-order valence-electron chi connectivity index (χ0n) is 17.5. The molecule has 8 heteroatoms. The van der Waals surface area contributed by atoms with Crippen LogP contribution in [0.5, 0.6) is 17.2 Å². The largest absolute Gasteiger partial charge is 0.493 e. The van der Waals surface area contributed by atoms with Crippen LogP contribution in [0, 0.1) is 0 Å². The third-order valence-electron chi connectivity index (χ3n) is 5.48. The fraction of sp³-hybridized carbons (Fsp3) is 0.409. The summed E-state index contributed by atoms with van der Waals surface area (Å²) >= 11 is 0. The average molecular weight is 410 g/mol. The highest BCUT2D eigenvalue weighted by Crippen LogP contribution is 2.38. The number of nitrogens with one attached hydrogen (secondary N) is 1. The van der Waals surface area contributed by atoms with Crippen LogP contribution < -0.4 is 19.5 Å². The van der Waals surface area contributed by atoms with Crippen LogP contribution in [0.4, 0.5) is 5.69 Å². The number of benzene rings is 2. The van der Waals surface area contributed by atoms with Gasteiger partial charge < -0.3 is 19.5 Å². The van der Waals surface area contributed by atoms with Gasteiger partial charge in [-0.1, -0.05) is 19.3 Å². The normalized spacial score (nSPS) is 14.5. The third kappa shape index (κ3) is 3.90. The van der Waals surface area contributed by atoms with E-state index in [2.05, 4.69) is 15.5 Å². The molecule has 0 spiro atoms. The van der Waals surface area contributed by atoms with Gasteiger partial charge in [-0.3, -0.25) is 4.79 Å². The summed E-state index contributed by atoms with van der Waals surface area (Å²) in [5.74, 6) is 1.01. The fourth-order valence-corrected chi connectivity index (χ4v) is 3.90. The Morgan fingerprint density at radius 2 is 1.60 bits per heavy atom. The minimum Gasteiger partial charge on any atom is -0.493 e. The van der Waals surface area contributed by atoms with Crippen molar-refractivity contribution in [1.29, 1.82) is 0 Å². The zero-order chi connectivity index (χ0) is 21.1. The second-order valence-electron chi connectivity index (χ2n) is 7.38. The summed E-state index contributed by atoms with van der Waals surface area (Å²) in [4.78, 5) is 14.7. The highest BCUT2D eigenvalue weighted by molar-refractivity contribution is 6.05. The summed E-state index contributed by atoms with van der Waals surface area (Å²) < 4.78 is 16.0. The first-order chi connectivity index (χ1) is 14.6. The van der Waals surface area contributed by atoms with Crippen molar-refractivity contribution in [2.24, 2.45) is 0 Å². The van der Waals surface area contributed by atoms with E-state index in [-0.39, 0.29) is 5.91 Å². The lowest BCUT2D eigenvalue weighted by atomic mass is 9.96. The summed E-state index contributed by atoms with van der Waals surface area (Å²) in [6.07, 6.45) is 5.96. The van der Waals surface area contributed by atoms with Crippen molar-refractivity contribution in [3.63, 3.8) is 0 Å². The molecule has 2 aromatic carbocycles. The predicted octanol–water partition coefficient (Wildman–Crippen LogP) is 4.21. The van der Waals surface area contributed by atoms with Crippen molar-refractivity contribution in [3.8, 4) is 17.2 Å². The number of aromatic nitrogens is 3. The average Bonchev–Trinajstić information content (AvgIpc) is 3.22. The van der Waals surface area contributed by atoms with Gasteiger partial charge in [0.1, 0.15) is 11.0 Å². The quantitative estimate of drug-likeness (QED) is 0.655. The lowest BCUT2D eigenvalue weighted by Crippen LogP contribution is -2.15. The molecule has 3 aromatic rings. The Balaban J connectivity index is 1.57. The number of rotatable bonds is 6. The number of anilines is 1. The standard InChI is InChI=1S/C22H26N4O4/c1-28-19-11-14(12-20(29-2)21(19)30-3)22(27)23-15-9-10-17-18(13-15)25-26(24-17)16-7-5-4-6-8-16/h9-13,16H,4-8H2,1-3H3,(H,23,27). The van der Waals surface area contributed by atoms with Gasteiger partial charge in [-0.25, -0.2) is 0 Å². The first-order valence-corrected chi connectivity index (χ1v) is 10.1. The molecule has 0 atom stereocenters. The Morgan fingerprint density at radius 3 is 2.23 bits per heavy atom. The number of methoxy groups -OCH3 is 3. The monoisotopic (exact) mass is 410 g/mol. The molecule has 1 aromatic heterocycles. The number of hydrogen-bond acceptors (Lipinski definition) is 6. The molecule has 0 saturated heterocycles. The van der Waals surface area contributed by atoms with E-state index in [4.69, 9.17) is 14.2 Å². The van der Waals surface area contributed by atoms with E-state index in [0.29, 0.717) is 34.5 Å². The third-order valence-corrected chi connectivity index (χ3v) is 5.48. The molecular weight excluding hydrogens is 384 g/mol. The van der Waals surface area contributed by atoms with Gasteiger partial charge in [0.2, 0.25) is 5.75 Å². The molecule has 1 N–H and O–H groups in total. The maximum absolute atomic E-state index is 12.8. The van der Waals surface area contributed by atoms with Crippen molar-refractivity contribution >= 4 is 22.6 Å². The van der Waals surface area contributed by atoms with E-state index in [1.165, 1.54) is 40.6 Å². The van der Waals surface area contributed by atoms with Crippen LogP contribution in [0.15, 0.2) is 30.3 Å². The minimum atomic E-state index is -0.284. The molecule has 30 heavy (non-hydrogen) atoms. The van der Waals surface area contributed by atoms with Gasteiger partial charge in [-0.15, -0.1) is 0 Å². The van der Waals surface area contributed by atoms with Gasteiger partial charge >= 0.3 is 0 Å². The maximum Gasteiger partial charge on any atom is 0.255 e. The topological polar surface area (TPSA) is 87.5 Å². The summed E-state index contributed by atoms with van der Waals surface area (Å²) in [6.45, 7) is 0. The number of hydrogen-bond donors (Lipinski definition) is 1. The lowest BCUT2D eigenvalue weighted by molar-refractivity contribution is 0.102. The fourth-order valence-electron chi connectivity index (χ4n) is 3.90. The van der Waals surface area contributed by atoms with Gasteiger partial charge in [0.05, 0.1) is 27.4 Å². The van der Waals surface area contributed by atoms with E-state index < -0.39 is 0 Å². The Labute approximate surface area is 175 Å². The molecular formula is C22H26N4O4. The second-order valence-corrected chi connectivity index (χ2v) is 7.38. The Kier molecular flexibility index (Phi) is 5.74. The Morgan fingerprint density at radius 1 is 0.933 bits per heavy atom. The first-order valence-electron chi connectivity index (χ1n) is 10.1. The van der Waals surface area contributed by atoms with Crippen LogP contribution in [0.25, 0.3) is 11.0 Å². The van der Waals surface area contributed by atoms with Gasteiger partial charge in [-0.2, -0.15) is 15.0 Å². The number of ether oxygens (including phenoxy) is 3. The molecule has 158 valence electrons. The van der Waals surface area contributed by atoms with Gasteiger partial charge in [-0.05, 0) is 43.2 Å². The molecule has 0 aliphatic heterocycles. The van der Waals surface area contributed by atoms with Crippen LogP contribution >= 0.6 is 0 Å². The molecule has 1 amide bonds. The van der Waals surface area contributed by atoms with Gasteiger partial charge in [0.15, 0.2) is 11.5 Å². The second kappa shape index (κ2) is 8.61. The van der Waals surface area contributed by atoms with Crippen molar-refractivity contribution in [3.05, 3.63) is 35.9 Å². The van der Waals surface area contributed by atoms with Crippen molar-refractivity contribution in [2.75, 3.05) is 26.6 Å². The van der Waals surface area contributed by atoms with Crippen molar-refractivity contribution < 1.29 is 19.0 Å². The molecule has 0 bridgehead atoms. The van der Waals surface area contributed by atoms with Crippen LogP contribution in [-0.2, 0) is 0 Å². The lowest BCUT2D eigenvalue weighted by Gasteiger charge is -2.20. The molecule has 8 nitrogen and oxygen atoms in total. The molecule has 1 aliphatic carbocycles. The number of amides is 1. The van der Waals surface area contributed by atoms with Crippen LogP contribution in [0.2, 0.25) is 0 Å². The molecule has 0 radical (unpaired) electrons. The van der Waals surface area contributed by atoms with Gasteiger partial charge in [0, 0.05) is 11.3 Å². The zero-order valence-corrected chi connectivity index (χ0v) is 17.5. The van der Waals surface area contributed by atoms with E-state index >= 15 is 0 Å². The predicted molar refractivity (Wildman–Crippen MR) is 114 cm³/mol. The van der Waals surface area contributed by atoms with E-state index in [9.17, 15) is 4.79 Å². The summed E-state index contributed by atoms with van der Waals surface area (Å²) in [5.41, 5.74) is 2.64. The highest BCUT2D eigenvalue weighted by Gasteiger charge is 2.19. The van der Waals surface area contributed by atoms with Crippen LogP contribution in [0.1, 0.15) is 48.5 Å². The summed E-state index contributed by atoms with van der Waals surface area (Å²) in [5, 5.41) is 12.2. The number of nitrogens with zero attached hydrogens (tertiary/aromatic N) is 3. The maximum atomic E-state index is 12.8. The highest BCUT2D eigenvalue weighted by atomic mass is 16.5. The minimum absolute atomic E-state index is 0.284. The first kappa shape index (κ1) is 20.0. The molecule has 1 aliphatic rings. The summed E-state index contributed by atoms with van der Waals surface area (Å²) in [7, 11) is 4.56. The number of carbonyl (C=O) groups excluding carboxylic acids is 1. The van der Waals surface area contributed by atoms with Crippen molar-refractivity contribution in [2.45, 2.75) is 38.1 Å². The molecule has 1 saturated carbocycles. The molecule has 1 heterocycles. The molecule has 0 unspecified atom stereocenters. The van der Waals surface area contributed by atoms with E-state index in [0.717, 1.165) is 23.9 Å². The van der Waals surface area contributed by atoms with E-state index in [1.54, 1.807) is 12.1 Å².